The second kappa shape index (κ2) is 4.32. The number of nitrogens with zero attached hydrogens (tertiary/aromatic N) is 3. The number of hydrogen-bond donors (Lipinski definition) is 1. The number of para-hydroxylation sites is 1. The minimum Gasteiger partial charge on any atom is -0.398 e. The van der Waals surface area contributed by atoms with Crippen molar-refractivity contribution in [3.8, 4) is 11.4 Å². The molecule has 16 heavy (non-hydrogen) atoms. The minimum absolute atomic E-state index is 0.537. The summed E-state index contributed by atoms with van der Waals surface area (Å²) in [6, 6.07) is 7.46. The van der Waals surface area contributed by atoms with Crippen molar-refractivity contribution in [2.24, 2.45) is 0 Å². The number of rotatable bonds is 3. The third kappa shape index (κ3) is 2.20. The largest absolute Gasteiger partial charge is 0.398 e. The molecule has 5 heteroatoms. The van der Waals surface area contributed by atoms with Crippen LogP contribution < -0.4 is 5.73 Å². The summed E-state index contributed by atoms with van der Waals surface area (Å²) in [4.78, 5) is 6.25. The van der Waals surface area contributed by atoms with Gasteiger partial charge in [0.1, 0.15) is 0 Å². The number of hydrogen-bond acceptors (Lipinski definition) is 5. The van der Waals surface area contributed by atoms with E-state index in [1.807, 2.05) is 43.3 Å². The van der Waals surface area contributed by atoms with E-state index in [0.29, 0.717) is 23.9 Å². The molecule has 0 spiro atoms. The Kier molecular flexibility index (Phi) is 2.87. The normalized spacial score (nSPS) is 10.9. The van der Waals surface area contributed by atoms with Crippen LogP contribution in [0, 0.1) is 0 Å². The quantitative estimate of drug-likeness (QED) is 0.788. The molecule has 0 saturated carbocycles. The maximum absolute atomic E-state index is 5.83. The zero-order valence-corrected chi connectivity index (χ0v) is 9.34. The van der Waals surface area contributed by atoms with Crippen LogP contribution in [0.3, 0.4) is 0 Å². The zero-order valence-electron chi connectivity index (χ0n) is 9.34. The molecular weight excluding hydrogens is 204 g/mol. The van der Waals surface area contributed by atoms with Gasteiger partial charge in [0.05, 0.1) is 6.54 Å². The van der Waals surface area contributed by atoms with Gasteiger partial charge in [-0.2, -0.15) is 4.98 Å². The van der Waals surface area contributed by atoms with E-state index in [9.17, 15) is 0 Å². The molecule has 0 saturated heterocycles. The van der Waals surface area contributed by atoms with Gasteiger partial charge >= 0.3 is 0 Å². The Labute approximate surface area is 93.9 Å². The molecule has 0 aliphatic heterocycles. The summed E-state index contributed by atoms with van der Waals surface area (Å²) >= 11 is 0. The summed E-state index contributed by atoms with van der Waals surface area (Å²) < 4.78 is 5.13. The highest BCUT2D eigenvalue weighted by molar-refractivity contribution is 5.70. The smallest absolute Gasteiger partial charge is 0.241 e. The van der Waals surface area contributed by atoms with Crippen molar-refractivity contribution in [3.05, 3.63) is 30.2 Å². The van der Waals surface area contributed by atoms with Gasteiger partial charge in [-0.25, -0.2) is 0 Å². The molecule has 2 aromatic rings. The maximum Gasteiger partial charge on any atom is 0.241 e. The zero-order chi connectivity index (χ0) is 11.5. The molecule has 2 N–H and O–H groups in total. The first-order valence-corrected chi connectivity index (χ1v) is 4.99. The van der Waals surface area contributed by atoms with E-state index in [0.717, 1.165) is 5.56 Å². The van der Waals surface area contributed by atoms with Crippen molar-refractivity contribution >= 4 is 5.69 Å². The number of anilines is 1. The van der Waals surface area contributed by atoms with Gasteiger partial charge in [0.25, 0.3) is 0 Å². The maximum atomic E-state index is 5.83. The van der Waals surface area contributed by atoms with Crippen molar-refractivity contribution in [3.63, 3.8) is 0 Å². The third-order valence-corrected chi connectivity index (χ3v) is 2.12. The van der Waals surface area contributed by atoms with Gasteiger partial charge in [0.15, 0.2) is 0 Å². The third-order valence-electron chi connectivity index (χ3n) is 2.12. The fourth-order valence-electron chi connectivity index (χ4n) is 1.40. The lowest BCUT2D eigenvalue weighted by atomic mass is 10.2. The van der Waals surface area contributed by atoms with Gasteiger partial charge in [-0.05, 0) is 26.2 Å². The molecule has 0 amide bonds. The average molecular weight is 218 g/mol. The van der Waals surface area contributed by atoms with Crippen LogP contribution in [0.5, 0.6) is 0 Å². The topological polar surface area (TPSA) is 68.2 Å². The Balaban J connectivity index is 2.28. The lowest BCUT2D eigenvalue weighted by Crippen LogP contribution is -2.10. The van der Waals surface area contributed by atoms with Crippen LogP contribution in [-0.4, -0.2) is 29.1 Å². The lowest BCUT2D eigenvalue weighted by Gasteiger charge is -2.03. The van der Waals surface area contributed by atoms with Crippen molar-refractivity contribution < 1.29 is 4.52 Å². The molecule has 0 atom stereocenters. The number of aromatic nitrogens is 2. The number of nitrogens with two attached hydrogens (primary N) is 1. The Hall–Kier alpha value is -1.88. The molecule has 84 valence electrons. The highest BCUT2D eigenvalue weighted by atomic mass is 16.5. The lowest BCUT2D eigenvalue weighted by molar-refractivity contribution is 0.303. The van der Waals surface area contributed by atoms with E-state index >= 15 is 0 Å². The molecular formula is C11H14N4O. The average Bonchev–Trinajstić information content (AvgIpc) is 2.66. The van der Waals surface area contributed by atoms with Gasteiger partial charge in [0, 0.05) is 11.3 Å². The monoisotopic (exact) mass is 218 g/mol. The fourth-order valence-corrected chi connectivity index (χ4v) is 1.40. The van der Waals surface area contributed by atoms with Gasteiger partial charge in [-0.3, -0.25) is 0 Å². The van der Waals surface area contributed by atoms with Crippen LogP contribution in [0.2, 0.25) is 0 Å². The predicted octanol–water partition coefficient (Wildman–Crippen LogP) is 1.38. The van der Waals surface area contributed by atoms with Crippen molar-refractivity contribution in [1.29, 1.82) is 0 Å². The summed E-state index contributed by atoms with van der Waals surface area (Å²) in [5.74, 6) is 1.12. The summed E-state index contributed by atoms with van der Waals surface area (Å²) in [6.45, 7) is 0.625. The first kappa shape index (κ1) is 10.6. The molecule has 1 aromatic heterocycles. The Bertz CT molecular complexity index is 478. The summed E-state index contributed by atoms with van der Waals surface area (Å²) in [5, 5.41) is 3.91. The van der Waals surface area contributed by atoms with Gasteiger partial charge in [0.2, 0.25) is 11.7 Å². The fraction of sp³-hybridized carbons (Fsp3) is 0.273. The van der Waals surface area contributed by atoms with Crippen LogP contribution in [0.25, 0.3) is 11.4 Å². The van der Waals surface area contributed by atoms with E-state index in [1.54, 1.807) is 0 Å². The standard InChI is InChI=1S/C11H14N4O/c1-15(2)7-10-13-11(14-16-10)8-5-3-4-6-9(8)12/h3-6H,7,12H2,1-2H3. The molecule has 0 radical (unpaired) electrons. The van der Waals surface area contributed by atoms with E-state index in [2.05, 4.69) is 10.1 Å². The molecule has 1 heterocycles. The van der Waals surface area contributed by atoms with Crippen molar-refractivity contribution in [2.75, 3.05) is 19.8 Å². The Morgan fingerprint density at radius 3 is 2.75 bits per heavy atom. The van der Waals surface area contributed by atoms with Gasteiger partial charge < -0.3 is 15.2 Å². The summed E-state index contributed by atoms with van der Waals surface area (Å²) in [7, 11) is 3.89. The molecule has 0 fully saturated rings. The number of nitrogen functional groups attached to an aromatic ring is 1. The van der Waals surface area contributed by atoms with Gasteiger partial charge in [-0.1, -0.05) is 17.3 Å². The SMILES string of the molecule is CN(C)Cc1nc(-c2ccccc2N)no1. The van der Waals surface area contributed by atoms with Crippen LogP contribution in [0.1, 0.15) is 5.89 Å². The molecule has 0 unspecified atom stereocenters. The summed E-state index contributed by atoms with van der Waals surface area (Å²) in [6.07, 6.45) is 0. The van der Waals surface area contributed by atoms with E-state index in [4.69, 9.17) is 10.3 Å². The molecule has 0 aliphatic carbocycles. The van der Waals surface area contributed by atoms with E-state index in [-0.39, 0.29) is 0 Å². The van der Waals surface area contributed by atoms with Gasteiger partial charge in [-0.15, -0.1) is 0 Å². The second-order valence-corrected chi connectivity index (χ2v) is 3.84. The highest BCUT2D eigenvalue weighted by Crippen LogP contribution is 2.22. The Morgan fingerprint density at radius 2 is 2.06 bits per heavy atom. The summed E-state index contributed by atoms with van der Waals surface area (Å²) in [5.41, 5.74) is 7.29. The first-order chi connectivity index (χ1) is 7.66. The van der Waals surface area contributed by atoms with Crippen LogP contribution in [0.15, 0.2) is 28.8 Å². The minimum atomic E-state index is 0.537. The van der Waals surface area contributed by atoms with Crippen LogP contribution in [-0.2, 0) is 6.54 Å². The second-order valence-electron chi connectivity index (χ2n) is 3.84. The predicted molar refractivity (Wildman–Crippen MR) is 61.5 cm³/mol. The number of benzene rings is 1. The van der Waals surface area contributed by atoms with Crippen molar-refractivity contribution in [1.82, 2.24) is 15.0 Å². The molecule has 0 aliphatic rings. The van der Waals surface area contributed by atoms with Crippen molar-refractivity contribution in [2.45, 2.75) is 6.54 Å². The Morgan fingerprint density at radius 1 is 1.31 bits per heavy atom. The highest BCUT2D eigenvalue weighted by Gasteiger charge is 2.10. The molecule has 0 bridgehead atoms. The molecule has 5 nitrogen and oxygen atoms in total. The first-order valence-electron chi connectivity index (χ1n) is 4.99. The van der Waals surface area contributed by atoms with Crippen LogP contribution >= 0.6 is 0 Å². The van der Waals surface area contributed by atoms with E-state index < -0.39 is 0 Å². The molecule has 1 aromatic carbocycles. The molecule has 2 rings (SSSR count). The van der Waals surface area contributed by atoms with Crippen LogP contribution in [0.4, 0.5) is 5.69 Å². The van der Waals surface area contributed by atoms with E-state index in [1.165, 1.54) is 0 Å².